The summed E-state index contributed by atoms with van der Waals surface area (Å²) >= 11 is 1.34. The quantitative estimate of drug-likeness (QED) is 0.0805. The number of halogens is 6. The van der Waals surface area contributed by atoms with Gasteiger partial charge in [0.2, 0.25) is 0 Å². The van der Waals surface area contributed by atoms with Gasteiger partial charge in [0.25, 0.3) is 5.92 Å². The van der Waals surface area contributed by atoms with Gasteiger partial charge >= 0.3 is 6.36 Å². The monoisotopic (exact) mass is 637 g/mol. The standard InChI is InChI=1S/C30H29F6N5O2S/c1-17-39-28(29(2,32)33)15-40(17)24-10-7-19(20-11-23(31)22(16-42-3)27(13-20)44-4)12-25(24)41(38)26(14-37)18-5-8-21(9-6-18)43-30(34,35)36/h5-15H,16,37-38H2,1-4H3/b26-14-. The molecule has 0 amide bonds. The van der Waals surface area contributed by atoms with Gasteiger partial charge in [0.15, 0.2) is 0 Å². The van der Waals surface area contributed by atoms with Crippen LogP contribution in [0.2, 0.25) is 0 Å². The van der Waals surface area contributed by atoms with Crippen molar-refractivity contribution in [1.82, 2.24) is 9.55 Å². The fourth-order valence-electron chi connectivity index (χ4n) is 4.55. The first kappa shape index (κ1) is 32.8. The summed E-state index contributed by atoms with van der Waals surface area (Å²) in [4.78, 5) is 4.66. The van der Waals surface area contributed by atoms with E-state index in [1.54, 1.807) is 37.4 Å². The van der Waals surface area contributed by atoms with Crippen molar-refractivity contribution < 1.29 is 35.8 Å². The molecule has 1 heterocycles. The van der Waals surface area contributed by atoms with Gasteiger partial charge in [0.05, 0.1) is 23.7 Å². The minimum Gasteiger partial charge on any atom is -0.406 e. The number of hydrogen-bond acceptors (Lipinski definition) is 7. The second kappa shape index (κ2) is 12.8. The van der Waals surface area contributed by atoms with E-state index in [0.29, 0.717) is 32.8 Å². The first-order chi connectivity index (χ1) is 20.7. The Hall–Kier alpha value is -4.14. The van der Waals surface area contributed by atoms with Gasteiger partial charge in [-0.15, -0.1) is 24.9 Å². The molecule has 3 aromatic carbocycles. The molecule has 0 aliphatic rings. The van der Waals surface area contributed by atoms with Crippen molar-refractivity contribution in [1.29, 1.82) is 0 Å². The Labute approximate surface area is 254 Å². The van der Waals surface area contributed by atoms with Gasteiger partial charge in [-0.3, -0.25) is 5.01 Å². The summed E-state index contributed by atoms with van der Waals surface area (Å²) in [6.07, 6.45) is -0.743. The van der Waals surface area contributed by atoms with E-state index in [4.69, 9.17) is 16.3 Å². The Bertz CT molecular complexity index is 1670. The van der Waals surface area contributed by atoms with Gasteiger partial charge in [0.1, 0.15) is 23.1 Å². The second-order valence-electron chi connectivity index (χ2n) is 9.70. The van der Waals surface area contributed by atoms with Crippen molar-refractivity contribution in [3.8, 4) is 22.6 Å². The number of hydrazine groups is 1. The molecule has 0 unspecified atom stereocenters. The van der Waals surface area contributed by atoms with E-state index in [1.807, 2.05) is 0 Å². The Kier molecular flexibility index (Phi) is 9.56. The number of benzene rings is 3. The molecule has 0 aliphatic heterocycles. The summed E-state index contributed by atoms with van der Waals surface area (Å²) in [5.74, 6) is 2.67. The average Bonchev–Trinajstić information content (AvgIpc) is 3.36. The van der Waals surface area contributed by atoms with Crippen LogP contribution in [0.15, 0.2) is 71.9 Å². The number of nitrogens with two attached hydrogens (primary N) is 2. The average molecular weight is 638 g/mol. The first-order valence-electron chi connectivity index (χ1n) is 12.9. The molecule has 0 saturated carbocycles. The van der Waals surface area contributed by atoms with E-state index in [2.05, 4.69) is 9.72 Å². The van der Waals surface area contributed by atoms with Crippen molar-refractivity contribution in [3.05, 3.63) is 95.5 Å². The second-order valence-corrected chi connectivity index (χ2v) is 10.5. The lowest BCUT2D eigenvalue weighted by molar-refractivity contribution is -0.274. The number of ether oxygens (including phenoxy) is 2. The smallest absolute Gasteiger partial charge is 0.406 e. The summed E-state index contributed by atoms with van der Waals surface area (Å²) in [6, 6.07) is 12.9. The molecule has 1 aromatic heterocycles. The zero-order chi connectivity index (χ0) is 32.4. The minimum absolute atomic E-state index is 0.0742. The Balaban J connectivity index is 1.87. The molecule has 0 aliphatic carbocycles. The molecule has 0 saturated heterocycles. The normalized spacial score (nSPS) is 12.5. The number of anilines is 1. The third-order valence-corrected chi connectivity index (χ3v) is 7.43. The number of aryl methyl sites for hydroxylation is 1. The lowest BCUT2D eigenvalue weighted by Gasteiger charge is -2.26. The number of alkyl halides is 5. The molecule has 234 valence electrons. The first-order valence-corrected chi connectivity index (χ1v) is 14.2. The molecule has 7 nitrogen and oxygen atoms in total. The predicted molar refractivity (Wildman–Crippen MR) is 158 cm³/mol. The van der Waals surface area contributed by atoms with E-state index in [9.17, 15) is 22.0 Å². The van der Waals surface area contributed by atoms with Gasteiger partial charge in [0, 0.05) is 42.5 Å². The number of hydrogen-bond donors (Lipinski definition) is 2. The van der Waals surface area contributed by atoms with E-state index >= 15 is 4.39 Å². The van der Waals surface area contributed by atoms with E-state index in [-0.39, 0.29) is 23.8 Å². The summed E-state index contributed by atoms with van der Waals surface area (Å²) < 4.78 is 92.1. The highest BCUT2D eigenvalue weighted by molar-refractivity contribution is 7.98. The van der Waals surface area contributed by atoms with E-state index in [1.165, 1.54) is 47.8 Å². The molecule has 44 heavy (non-hydrogen) atoms. The topological polar surface area (TPSA) is 91.6 Å². The summed E-state index contributed by atoms with van der Waals surface area (Å²) in [7, 11) is 1.47. The Morgan fingerprint density at radius 3 is 2.27 bits per heavy atom. The van der Waals surface area contributed by atoms with Crippen molar-refractivity contribution in [2.75, 3.05) is 18.4 Å². The van der Waals surface area contributed by atoms with Crippen LogP contribution >= 0.6 is 11.8 Å². The zero-order valence-corrected chi connectivity index (χ0v) is 24.9. The number of aromatic nitrogens is 2. The van der Waals surface area contributed by atoms with Crippen molar-refractivity contribution in [2.45, 2.75) is 37.6 Å². The van der Waals surface area contributed by atoms with Crippen LogP contribution in [0, 0.1) is 12.7 Å². The van der Waals surface area contributed by atoms with Crippen LogP contribution in [-0.2, 0) is 17.3 Å². The van der Waals surface area contributed by atoms with Crippen molar-refractivity contribution in [3.63, 3.8) is 0 Å². The molecule has 4 N–H and O–H groups in total. The van der Waals surface area contributed by atoms with Crippen molar-refractivity contribution in [2.24, 2.45) is 11.6 Å². The van der Waals surface area contributed by atoms with E-state index < -0.39 is 29.5 Å². The molecule has 0 fully saturated rings. The van der Waals surface area contributed by atoms with Crippen LogP contribution in [0.25, 0.3) is 22.5 Å². The third-order valence-electron chi connectivity index (χ3n) is 6.62. The molecule has 14 heteroatoms. The summed E-state index contributed by atoms with van der Waals surface area (Å²) in [5, 5.41) is 1.16. The van der Waals surface area contributed by atoms with Crippen LogP contribution < -0.4 is 21.3 Å². The van der Waals surface area contributed by atoms with Crippen LogP contribution in [0.5, 0.6) is 5.75 Å². The third kappa shape index (κ3) is 7.14. The Morgan fingerprint density at radius 1 is 1.05 bits per heavy atom. The van der Waals surface area contributed by atoms with Gasteiger partial charge in [-0.1, -0.05) is 6.07 Å². The lowest BCUT2D eigenvalue weighted by Crippen LogP contribution is -2.31. The number of methoxy groups -OCH3 is 1. The number of rotatable bonds is 10. The predicted octanol–water partition coefficient (Wildman–Crippen LogP) is 7.50. The lowest BCUT2D eigenvalue weighted by atomic mass is 10.0. The van der Waals surface area contributed by atoms with E-state index in [0.717, 1.165) is 30.3 Å². The molecule has 0 bridgehead atoms. The van der Waals surface area contributed by atoms with Gasteiger partial charge in [-0.25, -0.2) is 15.2 Å². The molecule has 0 radical (unpaired) electrons. The maximum Gasteiger partial charge on any atom is 0.573 e. The van der Waals surface area contributed by atoms with Crippen LogP contribution in [0.1, 0.15) is 29.6 Å². The number of thioether (sulfide) groups is 1. The van der Waals surface area contributed by atoms with Crippen molar-refractivity contribution >= 4 is 23.1 Å². The number of nitrogens with zero attached hydrogens (tertiary/aromatic N) is 3. The van der Waals surface area contributed by atoms with Crippen LogP contribution in [0.3, 0.4) is 0 Å². The van der Waals surface area contributed by atoms with Gasteiger partial charge in [-0.05, 0) is 72.8 Å². The van der Waals surface area contributed by atoms with Crippen LogP contribution in [-0.4, -0.2) is 29.3 Å². The highest BCUT2D eigenvalue weighted by atomic mass is 32.2. The zero-order valence-electron chi connectivity index (χ0n) is 24.0. The number of imidazole rings is 1. The van der Waals surface area contributed by atoms with Gasteiger partial charge in [-0.2, -0.15) is 8.78 Å². The highest BCUT2D eigenvalue weighted by Crippen LogP contribution is 2.38. The molecular weight excluding hydrogens is 608 g/mol. The molecular formula is C30H29F6N5O2S. The SMILES string of the molecule is COCc1c(F)cc(-c2ccc(-n3cc(C(C)(F)F)nc3C)c(N(N)/C(=C\N)c3ccc(OC(F)(F)F)cc3)c2)cc1SC. The molecule has 0 atom stereocenters. The highest BCUT2D eigenvalue weighted by Gasteiger charge is 2.31. The molecule has 0 spiro atoms. The summed E-state index contributed by atoms with van der Waals surface area (Å²) in [6.45, 7) is 2.34. The summed E-state index contributed by atoms with van der Waals surface area (Å²) in [5.41, 5.74) is 7.95. The minimum atomic E-state index is -4.88. The maximum absolute atomic E-state index is 15.2. The largest absolute Gasteiger partial charge is 0.573 e. The maximum atomic E-state index is 15.2. The van der Waals surface area contributed by atoms with Gasteiger partial charge < -0.3 is 19.8 Å². The van der Waals surface area contributed by atoms with Crippen LogP contribution in [0.4, 0.5) is 32.0 Å². The Morgan fingerprint density at radius 2 is 1.73 bits per heavy atom. The molecule has 4 rings (SSSR count). The molecule has 4 aromatic rings. The fraction of sp³-hybridized carbons (Fsp3) is 0.233. The fourth-order valence-corrected chi connectivity index (χ4v) is 5.19.